The lowest BCUT2D eigenvalue weighted by atomic mass is 9.95. The van der Waals surface area contributed by atoms with Gasteiger partial charge in [0.05, 0.1) is 17.2 Å². The molecule has 1 saturated heterocycles. The van der Waals surface area contributed by atoms with E-state index < -0.39 is 0 Å². The molecule has 0 spiro atoms. The Bertz CT molecular complexity index is 830. The molecule has 1 aromatic carbocycles. The van der Waals surface area contributed by atoms with Crippen LogP contribution in [-0.4, -0.2) is 44.1 Å². The number of nitrogens with zero attached hydrogens (tertiary/aromatic N) is 4. The van der Waals surface area contributed by atoms with Crippen molar-refractivity contribution in [1.29, 1.82) is 0 Å². The highest BCUT2D eigenvalue weighted by Crippen LogP contribution is 2.26. The lowest BCUT2D eigenvalue weighted by molar-refractivity contribution is 0.0700. The lowest BCUT2D eigenvalue weighted by Gasteiger charge is -2.32. The van der Waals surface area contributed by atoms with Crippen LogP contribution in [0, 0.1) is 0 Å². The number of nitrogens with one attached hydrogen (secondary N) is 1. The van der Waals surface area contributed by atoms with Gasteiger partial charge in [0.2, 0.25) is 0 Å². The number of rotatable bonds is 2. The largest absolute Gasteiger partial charge is 0.337 e. The number of likely N-dealkylation sites (tertiary alicyclic amines) is 1. The number of hydrogen-bond acceptors (Lipinski definition) is 4. The zero-order chi connectivity index (χ0) is 15.6. The number of para-hydroxylation sites is 2. The molecular weight excluding hydrogens is 290 g/mol. The van der Waals surface area contributed by atoms with Gasteiger partial charge < -0.3 is 4.90 Å². The number of piperidine rings is 1. The van der Waals surface area contributed by atoms with Gasteiger partial charge in [-0.1, -0.05) is 12.1 Å². The van der Waals surface area contributed by atoms with Gasteiger partial charge in [-0.3, -0.25) is 14.9 Å². The fraction of sp³-hybridized carbons (Fsp3) is 0.294. The van der Waals surface area contributed by atoms with Crippen molar-refractivity contribution >= 4 is 16.9 Å². The molecule has 1 atom stereocenters. The highest BCUT2D eigenvalue weighted by molar-refractivity contribution is 5.93. The number of aromatic amines is 1. The summed E-state index contributed by atoms with van der Waals surface area (Å²) in [5.41, 5.74) is 3.06. The van der Waals surface area contributed by atoms with Crippen LogP contribution in [-0.2, 0) is 0 Å². The van der Waals surface area contributed by atoms with E-state index in [1.165, 1.54) is 0 Å². The van der Waals surface area contributed by atoms with Gasteiger partial charge in [0.15, 0.2) is 0 Å². The van der Waals surface area contributed by atoms with Gasteiger partial charge in [0.1, 0.15) is 5.69 Å². The smallest absolute Gasteiger partial charge is 0.274 e. The molecule has 6 heteroatoms. The van der Waals surface area contributed by atoms with E-state index in [4.69, 9.17) is 0 Å². The number of H-pyrrole nitrogens is 1. The van der Waals surface area contributed by atoms with Gasteiger partial charge in [-0.2, -0.15) is 5.10 Å². The second-order valence-electron chi connectivity index (χ2n) is 5.85. The van der Waals surface area contributed by atoms with Gasteiger partial charge in [0.25, 0.3) is 5.91 Å². The molecule has 0 bridgehead atoms. The van der Waals surface area contributed by atoms with Crippen molar-refractivity contribution in [2.75, 3.05) is 13.1 Å². The zero-order valence-electron chi connectivity index (χ0n) is 12.6. The topological polar surface area (TPSA) is 74.8 Å². The molecule has 0 saturated carbocycles. The number of benzene rings is 1. The van der Waals surface area contributed by atoms with Crippen LogP contribution in [0.5, 0.6) is 0 Å². The molecule has 0 aliphatic carbocycles. The Labute approximate surface area is 133 Å². The van der Waals surface area contributed by atoms with E-state index in [0.29, 0.717) is 18.2 Å². The van der Waals surface area contributed by atoms with E-state index in [-0.39, 0.29) is 5.91 Å². The molecule has 6 nitrogen and oxygen atoms in total. The quantitative estimate of drug-likeness (QED) is 0.788. The number of aromatic nitrogens is 4. The highest BCUT2D eigenvalue weighted by Gasteiger charge is 2.27. The fourth-order valence-electron chi connectivity index (χ4n) is 3.13. The monoisotopic (exact) mass is 307 g/mol. The Kier molecular flexibility index (Phi) is 3.49. The van der Waals surface area contributed by atoms with Crippen molar-refractivity contribution in [2.24, 2.45) is 0 Å². The summed E-state index contributed by atoms with van der Waals surface area (Å²) in [4.78, 5) is 23.4. The molecule has 4 rings (SSSR count). The molecule has 1 aliphatic heterocycles. The molecule has 1 aliphatic rings. The predicted octanol–water partition coefficient (Wildman–Crippen LogP) is 2.37. The molecule has 1 fully saturated rings. The second kappa shape index (κ2) is 5.79. The number of carbonyl (C=O) groups excluding carboxylic acids is 1. The van der Waals surface area contributed by atoms with Crippen LogP contribution in [0.3, 0.4) is 0 Å². The molecule has 3 heterocycles. The Morgan fingerprint density at radius 1 is 1.22 bits per heavy atom. The maximum Gasteiger partial charge on any atom is 0.274 e. The third kappa shape index (κ3) is 2.67. The number of fused-ring (bicyclic) bond motifs is 1. The minimum Gasteiger partial charge on any atom is -0.337 e. The van der Waals surface area contributed by atoms with Gasteiger partial charge in [-0.05, 0) is 31.0 Å². The summed E-state index contributed by atoms with van der Waals surface area (Å²) in [5.74, 6) is 0.260. The minimum atomic E-state index is -0.0486. The standard InChI is InChI=1S/C17H17N5O/c23-17(16-10-18-14-5-1-2-6-15(14)20-16)22-9-3-4-12(11-22)13-7-8-19-21-13/h1-2,5-8,10,12H,3-4,9,11H2,(H,19,21). The second-order valence-corrected chi connectivity index (χ2v) is 5.85. The SMILES string of the molecule is O=C(c1cnc2ccccc2n1)N1CCCC(c2ccn[nH]2)C1. The van der Waals surface area contributed by atoms with Crippen LogP contribution in [0.25, 0.3) is 11.0 Å². The lowest BCUT2D eigenvalue weighted by Crippen LogP contribution is -2.39. The summed E-state index contributed by atoms with van der Waals surface area (Å²) in [6.45, 7) is 1.45. The highest BCUT2D eigenvalue weighted by atomic mass is 16.2. The number of hydrogen-bond donors (Lipinski definition) is 1. The average molecular weight is 307 g/mol. The van der Waals surface area contributed by atoms with Crippen molar-refractivity contribution < 1.29 is 4.79 Å². The van der Waals surface area contributed by atoms with Crippen LogP contribution in [0.1, 0.15) is 34.9 Å². The van der Waals surface area contributed by atoms with Crippen LogP contribution >= 0.6 is 0 Å². The van der Waals surface area contributed by atoms with Crippen LogP contribution in [0.4, 0.5) is 0 Å². The zero-order valence-corrected chi connectivity index (χ0v) is 12.6. The average Bonchev–Trinajstić information content (AvgIpc) is 3.15. The van der Waals surface area contributed by atoms with Gasteiger partial charge in [0, 0.05) is 30.9 Å². The van der Waals surface area contributed by atoms with E-state index in [1.54, 1.807) is 12.4 Å². The molecule has 1 N–H and O–H groups in total. The summed E-state index contributed by atoms with van der Waals surface area (Å²) in [6, 6.07) is 9.57. The molecule has 116 valence electrons. The van der Waals surface area contributed by atoms with E-state index in [9.17, 15) is 4.79 Å². The minimum absolute atomic E-state index is 0.0486. The normalized spacial score (nSPS) is 18.3. The van der Waals surface area contributed by atoms with Crippen molar-refractivity contribution in [1.82, 2.24) is 25.1 Å². The van der Waals surface area contributed by atoms with Crippen LogP contribution in [0.2, 0.25) is 0 Å². The molecule has 1 unspecified atom stereocenters. The summed E-state index contributed by atoms with van der Waals surface area (Å²) in [5, 5.41) is 7.02. The maximum absolute atomic E-state index is 12.8. The third-order valence-corrected chi connectivity index (χ3v) is 4.34. The Hall–Kier alpha value is -2.76. The van der Waals surface area contributed by atoms with Crippen molar-refractivity contribution in [2.45, 2.75) is 18.8 Å². The molecule has 0 radical (unpaired) electrons. The van der Waals surface area contributed by atoms with Crippen molar-refractivity contribution in [3.05, 3.63) is 54.1 Å². The van der Waals surface area contributed by atoms with Crippen molar-refractivity contribution in [3.63, 3.8) is 0 Å². The summed E-state index contributed by atoms with van der Waals surface area (Å²) < 4.78 is 0. The first-order chi connectivity index (χ1) is 11.3. The van der Waals surface area contributed by atoms with Gasteiger partial charge >= 0.3 is 0 Å². The van der Waals surface area contributed by atoms with Crippen LogP contribution < -0.4 is 0 Å². The third-order valence-electron chi connectivity index (χ3n) is 4.34. The summed E-state index contributed by atoms with van der Waals surface area (Å²) in [6.07, 6.45) is 5.38. The van der Waals surface area contributed by atoms with E-state index >= 15 is 0 Å². The summed E-state index contributed by atoms with van der Waals surface area (Å²) in [7, 11) is 0. The Morgan fingerprint density at radius 2 is 2.09 bits per heavy atom. The Morgan fingerprint density at radius 3 is 2.91 bits per heavy atom. The van der Waals surface area contributed by atoms with Gasteiger partial charge in [-0.25, -0.2) is 4.98 Å². The molecule has 2 aromatic heterocycles. The molecular formula is C17H17N5O. The van der Waals surface area contributed by atoms with E-state index in [0.717, 1.165) is 36.1 Å². The predicted molar refractivity (Wildman–Crippen MR) is 86.0 cm³/mol. The first kappa shape index (κ1) is 13.9. The first-order valence-corrected chi connectivity index (χ1v) is 7.81. The number of amides is 1. The molecule has 23 heavy (non-hydrogen) atoms. The van der Waals surface area contributed by atoms with Crippen LogP contribution in [0.15, 0.2) is 42.7 Å². The summed E-state index contributed by atoms with van der Waals surface area (Å²) >= 11 is 0. The first-order valence-electron chi connectivity index (χ1n) is 7.81. The Balaban J connectivity index is 1.57. The maximum atomic E-state index is 12.8. The molecule has 3 aromatic rings. The van der Waals surface area contributed by atoms with E-state index in [1.807, 2.05) is 35.2 Å². The molecule has 1 amide bonds. The van der Waals surface area contributed by atoms with Gasteiger partial charge in [-0.15, -0.1) is 0 Å². The van der Waals surface area contributed by atoms with E-state index in [2.05, 4.69) is 20.2 Å². The van der Waals surface area contributed by atoms with Crippen molar-refractivity contribution in [3.8, 4) is 0 Å². The fourth-order valence-corrected chi connectivity index (χ4v) is 3.13. The number of carbonyl (C=O) groups is 1.